The van der Waals surface area contributed by atoms with E-state index in [1.807, 2.05) is 78.9 Å². The van der Waals surface area contributed by atoms with E-state index in [4.69, 9.17) is 20.1 Å². The van der Waals surface area contributed by atoms with Crippen LogP contribution in [0.1, 0.15) is 16.7 Å². The van der Waals surface area contributed by atoms with Crippen LogP contribution in [0.2, 0.25) is 0 Å². The van der Waals surface area contributed by atoms with Crippen molar-refractivity contribution in [1.29, 1.82) is 0 Å². The van der Waals surface area contributed by atoms with Crippen molar-refractivity contribution in [3.05, 3.63) is 168 Å². The number of aliphatic imine (C=N–C) groups is 2. The summed E-state index contributed by atoms with van der Waals surface area (Å²) < 4.78 is 6.28. The SMILES string of the molecule is N/C(=N\C(=N/Cc1cccc2oc3ccc(-c4ccc(-c5ccccc5)cc4)cc3c12)c1ccccc1)c1ccccc1. The van der Waals surface area contributed by atoms with Crippen molar-refractivity contribution in [3.8, 4) is 22.3 Å². The zero-order valence-corrected chi connectivity index (χ0v) is 23.5. The Hall–Kier alpha value is -5.74. The van der Waals surface area contributed by atoms with Crippen molar-refractivity contribution >= 4 is 33.6 Å². The van der Waals surface area contributed by atoms with Crippen molar-refractivity contribution < 1.29 is 4.42 Å². The number of furan rings is 1. The van der Waals surface area contributed by atoms with Gasteiger partial charge >= 0.3 is 0 Å². The summed E-state index contributed by atoms with van der Waals surface area (Å²) in [6.45, 7) is 0.428. The highest BCUT2D eigenvalue weighted by atomic mass is 16.3. The lowest BCUT2D eigenvalue weighted by atomic mass is 9.98. The molecule has 43 heavy (non-hydrogen) atoms. The average Bonchev–Trinajstić information content (AvgIpc) is 3.46. The molecule has 0 amide bonds. The lowest BCUT2D eigenvalue weighted by Crippen LogP contribution is -2.16. The predicted molar refractivity (Wildman–Crippen MR) is 178 cm³/mol. The van der Waals surface area contributed by atoms with E-state index in [0.29, 0.717) is 18.2 Å². The molecule has 4 heteroatoms. The molecule has 0 spiro atoms. The van der Waals surface area contributed by atoms with Gasteiger partial charge in [-0.25, -0.2) is 4.99 Å². The minimum absolute atomic E-state index is 0.428. The maximum absolute atomic E-state index is 6.42. The van der Waals surface area contributed by atoms with Gasteiger partial charge in [-0.1, -0.05) is 133 Å². The quantitative estimate of drug-likeness (QED) is 0.164. The molecule has 206 valence electrons. The standard InChI is InChI=1S/C39H29N3O/c40-38(30-13-6-2-7-14-30)42-39(31-15-8-3-9-16-31)41-26-33-17-10-18-36-37(33)34-25-32(23-24-35(34)43-36)29-21-19-28(20-22-29)27-11-4-1-5-12-27/h1-25H,26H2,(H2,40,41,42). The summed E-state index contributed by atoms with van der Waals surface area (Å²) in [5.41, 5.74) is 15.6. The van der Waals surface area contributed by atoms with Crippen LogP contribution < -0.4 is 5.73 Å². The zero-order chi connectivity index (χ0) is 29.0. The maximum Gasteiger partial charge on any atom is 0.157 e. The molecule has 0 atom stereocenters. The summed E-state index contributed by atoms with van der Waals surface area (Å²) in [5, 5.41) is 2.13. The van der Waals surface area contributed by atoms with Gasteiger partial charge in [0.15, 0.2) is 5.84 Å². The Bertz CT molecular complexity index is 2080. The first-order chi connectivity index (χ1) is 21.2. The first kappa shape index (κ1) is 26.2. The molecule has 0 unspecified atom stereocenters. The molecule has 0 fully saturated rings. The molecule has 0 aliphatic rings. The molecule has 1 aromatic heterocycles. The number of nitrogens with two attached hydrogens (primary N) is 1. The monoisotopic (exact) mass is 555 g/mol. The topological polar surface area (TPSA) is 63.9 Å². The van der Waals surface area contributed by atoms with E-state index in [1.54, 1.807) is 0 Å². The number of benzene rings is 6. The minimum atomic E-state index is 0.428. The Morgan fingerprint density at radius 3 is 1.81 bits per heavy atom. The van der Waals surface area contributed by atoms with E-state index in [9.17, 15) is 0 Å². The fourth-order valence-electron chi connectivity index (χ4n) is 5.42. The number of nitrogens with zero attached hydrogens (tertiary/aromatic N) is 2. The summed E-state index contributed by atoms with van der Waals surface area (Å²) >= 11 is 0. The van der Waals surface area contributed by atoms with Crippen LogP contribution in [-0.4, -0.2) is 11.7 Å². The van der Waals surface area contributed by atoms with E-state index in [1.165, 1.54) is 11.1 Å². The Morgan fingerprint density at radius 2 is 1.12 bits per heavy atom. The van der Waals surface area contributed by atoms with Crippen molar-refractivity contribution in [2.45, 2.75) is 6.54 Å². The zero-order valence-electron chi connectivity index (χ0n) is 23.5. The second kappa shape index (κ2) is 11.6. The molecular formula is C39H29N3O. The third-order valence-corrected chi connectivity index (χ3v) is 7.63. The lowest BCUT2D eigenvalue weighted by Gasteiger charge is -2.07. The maximum atomic E-state index is 6.42. The molecule has 4 nitrogen and oxygen atoms in total. The molecule has 0 saturated carbocycles. The Balaban J connectivity index is 1.27. The summed E-state index contributed by atoms with van der Waals surface area (Å²) in [6, 6.07) is 51.4. The normalized spacial score (nSPS) is 12.2. The Kier molecular flexibility index (Phi) is 7.08. The fraction of sp³-hybridized carbons (Fsp3) is 0.0256. The third kappa shape index (κ3) is 5.46. The number of hydrogen-bond acceptors (Lipinski definition) is 2. The first-order valence-electron chi connectivity index (χ1n) is 14.3. The Morgan fingerprint density at radius 1 is 0.535 bits per heavy atom. The Labute approximate surface area is 250 Å². The lowest BCUT2D eigenvalue weighted by molar-refractivity contribution is 0.668. The number of amidine groups is 2. The summed E-state index contributed by atoms with van der Waals surface area (Å²) in [6.07, 6.45) is 0. The molecule has 0 aliphatic carbocycles. The third-order valence-electron chi connectivity index (χ3n) is 7.63. The molecule has 0 radical (unpaired) electrons. The number of fused-ring (bicyclic) bond motifs is 3. The van der Waals surface area contributed by atoms with Crippen LogP contribution in [0.25, 0.3) is 44.2 Å². The van der Waals surface area contributed by atoms with Crippen molar-refractivity contribution in [2.24, 2.45) is 15.7 Å². The van der Waals surface area contributed by atoms with Crippen molar-refractivity contribution in [3.63, 3.8) is 0 Å². The van der Waals surface area contributed by atoms with Crippen LogP contribution in [0.3, 0.4) is 0 Å². The molecule has 0 aliphatic heterocycles. The molecule has 7 rings (SSSR count). The van der Waals surface area contributed by atoms with Crippen LogP contribution in [0, 0.1) is 0 Å². The van der Waals surface area contributed by atoms with Crippen LogP contribution >= 0.6 is 0 Å². The number of hydrogen-bond donors (Lipinski definition) is 1. The second-order valence-corrected chi connectivity index (χ2v) is 10.4. The van der Waals surface area contributed by atoms with E-state index in [0.717, 1.165) is 49.8 Å². The molecule has 2 N–H and O–H groups in total. The van der Waals surface area contributed by atoms with Gasteiger partial charge in [-0.15, -0.1) is 0 Å². The predicted octanol–water partition coefficient (Wildman–Crippen LogP) is 9.27. The van der Waals surface area contributed by atoms with Gasteiger partial charge in [0.2, 0.25) is 0 Å². The van der Waals surface area contributed by atoms with Gasteiger partial charge in [-0.3, -0.25) is 4.99 Å². The molecule has 0 bridgehead atoms. The molecule has 7 aromatic rings. The van der Waals surface area contributed by atoms with Gasteiger partial charge in [0.1, 0.15) is 17.0 Å². The molecule has 6 aromatic carbocycles. The smallest absolute Gasteiger partial charge is 0.157 e. The molecular weight excluding hydrogens is 526 g/mol. The van der Waals surface area contributed by atoms with Crippen LogP contribution in [-0.2, 0) is 6.54 Å². The van der Waals surface area contributed by atoms with Gasteiger partial charge in [-0.05, 0) is 46.0 Å². The van der Waals surface area contributed by atoms with Gasteiger partial charge in [-0.2, -0.15) is 0 Å². The van der Waals surface area contributed by atoms with E-state index < -0.39 is 0 Å². The van der Waals surface area contributed by atoms with Crippen molar-refractivity contribution in [2.75, 3.05) is 0 Å². The van der Waals surface area contributed by atoms with Crippen LogP contribution in [0.4, 0.5) is 0 Å². The second-order valence-electron chi connectivity index (χ2n) is 10.4. The average molecular weight is 556 g/mol. The van der Waals surface area contributed by atoms with E-state index in [2.05, 4.69) is 72.8 Å². The molecule has 1 heterocycles. The van der Waals surface area contributed by atoms with E-state index in [-0.39, 0.29) is 0 Å². The summed E-state index contributed by atoms with van der Waals surface area (Å²) in [5.74, 6) is 1.02. The van der Waals surface area contributed by atoms with E-state index >= 15 is 0 Å². The fourth-order valence-corrected chi connectivity index (χ4v) is 5.42. The highest BCUT2D eigenvalue weighted by Gasteiger charge is 2.13. The first-order valence-corrected chi connectivity index (χ1v) is 14.3. The number of rotatable bonds is 6. The molecule has 0 saturated heterocycles. The highest BCUT2D eigenvalue weighted by Crippen LogP contribution is 2.35. The summed E-state index contributed by atoms with van der Waals surface area (Å²) in [4.78, 5) is 9.76. The van der Waals surface area contributed by atoms with Gasteiger partial charge in [0.25, 0.3) is 0 Å². The van der Waals surface area contributed by atoms with Gasteiger partial charge in [0.05, 0.1) is 6.54 Å². The minimum Gasteiger partial charge on any atom is -0.456 e. The van der Waals surface area contributed by atoms with Crippen molar-refractivity contribution in [1.82, 2.24) is 0 Å². The summed E-state index contributed by atoms with van der Waals surface area (Å²) in [7, 11) is 0. The van der Waals surface area contributed by atoms with Crippen LogP contribution in [0.5, 0.6) is 0 Å². The van der Waals surface area contributed by atoms with Gasteiger partial charge in [0, 0.05) is 21.9 Å². The largest absolute Gasteiger partial charge is 0.456 e. The van der Waals surface area contributed by atoms with Crippen LogP contribution in [0.15, 0.2) is 166 Å². The van der Waals surface area contributed by atoms with Gasteiger partial charge < -0.3 is 10.2 Å². The highest BCUT2D eigenvalue weighted by molar-refractivity contribution is 6.11.